The summed E-state index contributed by atoms with van der Waals surface area (Å²) in [7, 11) is 1.35. The fourth-order valence-corrected chi connectivity index (χ4v) is 8.09. The van der Waals surface area contributed by atoms with E-state index in [4.69, 9.17) is 18.6 Å². The number of carbonyl (C=O) groups excluding carboxylic acids is 4. The number of Topliss-reactive ketones (excluding diaryl/α,β-unsaturated/α-hetero) is 1. The fourth-order valence-electron chi connectivity index (χ4n) is 8.09. The lowest BCUT2D eigenvalue weighted by atomic mass is 9.41. The average molecular weight is 553 g/mol. The Labute approximate surface area is 235 Å². The molecule has 0 amide bonds. The molecule has 5 rings (SSSR count). The van der Waals surface area contributed by atoms with Crippen LogP contribution in [0.3, 0.4) is 0 Å². The summed E-state index contributed by atoms with van der Waals surface area (Å²) in [6.07, 6.45) is 7.36. The van der Waals surface area contributed by atoms with Crippen LogP contribution in [0.15, 0.2) is 46.3 Å². The lowest BCUT2D eigenvalue weighted by molar-refractivity contribution is -0.193. The zero-order valence-electron chi connectivity index (χ0n) is 24.4. The number of carbonyl (C=O) groups is 4. The molecule has 1 aromatic rings. The summed E-state index contributed by atoms with van der Waals surface area (Å²) in [6.45, 7) is 11.8. The van der Waals surface area contributed by atoms with Crippen LogP contribution in [0.2, 0.25) is 0 Å². The molecule has 0 saturated heterocycles. The molecule has 0 radical (unpaired) electrons. The van der Waals surface area contributed by atoms with Crippen LogP contribution in [-0.2, 0) is 33.4 Å². The molecule has 0 spiro atoms. The summed E-state index contributed by atoms with van der Waals surface area (Å²) >= 11 is 0. The number of esters is 3. The second kappa shape index (κ2) is 9.74. The summed E-state index contributed by atoms with van der Waals surface area (Å²) in [6, 6.07) is 1.81. The van der Waals surface area contributed by atoms with Crippen LogP contribution < -0.4 is 0 Å². The van der Waals surface area contributed by atoms with Gasteiger partial charge in [-0.2, -0.15) is 0 Å². The van der Waals surface area contributed by atoms with E-state index in [0.29, 0.717) is 19.3 Å². The highest BCUT2D eigenvalue weighted by atomic mass is 16.6. The fraction of sp³-hybridized carbons (Fsp3) is 0.625. The highest BCUT2D eigenvalue weighted by molar-refractivity contribution is 5.95. The summed E-state index contributed by atoms with van der Waals surface area (Å²) in [5.41, 5.74) is 0.372. The molecule has 40 heavy (non-hydrogen) atoms. The van der Waals surface area contributed by atoms with Gasteiger partial charge in [-0.15, -0.1) is 0 Å². The van der Waals surface area contributed by atoms with E-state index in [0.717, 1.165) is 16.7 Å². The number of ether oxygens (including phenoxy) is 3. The Morgan fingerprint density at radius 2 is 1.90 bits per heavy atom. The van der Waals surface area contributed by atoms with E-state index in [9.17, 15) is 19.2 Å². The normalized spacial score (nSPS) is 36.7. The van der Waals surface area contributed by atoms with E-state index in [2.05, 4.69) is 6.92 Å². The number of allylic oxidation sites excluding steroid dienone is 1. The van der Waals surface area contributed by atoms with Crippen LogP contribution in [0.1, 0.15) is 78.9 Å². The first-order valence-electron chi connectivity index (χ1n) is 14.3. The minimum atomic E-state index is -0.930. The molecule has 0 aromatic carbocycles. The first-order chi connectivity index (χ1) is 18.8. The standard InChI is InChI=1S/C32H40O8/c1-8-17(2)29(36)40-28-20-13-19-21(32(6,26(20)35)23(30(28,3)4)15-24(33)37-7)9-11-31(5)22(19)14-25(34)39-27(31)18-10-12-38-16-18/h10,12-14,16-17,20-21,23,27-28H,8-9,11,15H2,1-7H3. The van der Waals surface area contributed by atoms with Crippen molar-refractivity contribution in [3.8, 4) is 0 Å². The molecule has 2 heterocycles. The van der Waals surface area contributed by atoms with Gasteiger partial charge in [0.25, 0.3) is 0 Å². The van der Waals surface area contributed by atoms with Crippen LogP contribution in [0.25, 0.3) is 0 Å². The van der Waals surface area contributed by atoms with Crippen LogP contribution in [0.4, 0.5) is 0 Å². The third kappa shape index (κ3) is 4.00. The maximum absolute atomic E-state index is 14.4. The smallest absolute Gasteiger partial charge is 0.331 e. The summed E-state index contributed by atoms with van der Waals surface area (Å²) in [5, 5.41) is 0. The van der Waals surface area contributed by atoms with Crippen molar-refractivity contribution in [1.82, 2.24) is 0 Å². The summed E-state index contributed by atoms with van der Waals surface area (Å²) in [4.78, 5) is 53.3. The molecule has 8 nitrogen and oxygen atoms in total. The van der Waals surface area contributed by atoms with Gasteiger partial charge in [0.05, 0.1) is 31.5 Å². The lowest BCUT2D eigenvalue weighted by Crippen LogP contribution is -2.66. The molecule has 1 aromatic heterocycles. The number of furan rings is 1. The minimum absolute atomic E-state index is 0.0228. The molecule has 2 saturated carbocycles. The van der Waals surface area contributed by atoms with Gasteiger partial charge >= 0.3 is 17.9 Å². The Hall–Kier alpha value is -3.16. The molecule has 4 aliphatic rings. The van der Waals surface area contributed by atoms with Crippen molar-refractivity contribution in [3.05, 3.63) is 47.5 Å². The maximum atomic E-state index is 14.4. The van der Waals surface area contributed by atoms with E-state index in [1.807, 2.05) is 46.8 Å². The van der Waals surface area contributed by atoms with Gasteiger partial charge in [0.15, 0.2) is 0 Å². The van der Waals surface area contributed by atoms with Crippen LogP contribution in [0, 0.1) is 39.9 Å². The van der Waals surface area contributed by atoms with E-state index in [1.54, 1.807) is 18.6 Å². The summed E-state index contributed by atoms with van der Waals surface area (Å²) in [5.74, 6) is -2.94. The minimum Gasteiger partial charge on any atom is -0.472 e. The number of fused-ring (bicyclic) bond motifs is 6. The third-order valence-corrected chi connectivity index (χ3v) is 10.6. The second-order valence-corrected chi connectivity index (χ2v) is 13.1. The molecule has 216 valence electrons. The van der Waals surface area contributed by atoms with Crippen LogP contribution in [-0.4, -0.2) is 36.9 Å². The highest BCUT2D eigenvalue weighted by Gasteiger charge is 2.68. The lowest BCUT2D eigenvalue weighted by Gasteiger charge is -2.62. The Morgan fingerprint density at radius 1 is 1.18 bits per heavy atom. The van der Waals surface area contributed by atoms with Crippen molar-refractivity contribution in [2.45, 2.75) is 79.4 Å². The first-order valence-corrected chi connectivity index (χ1v) is 14.3. The molecule has 3 aliphatic carbocycles. The van der Waals surface area contributed by atoms with Gasteiger partial charge in [-0.25, -0.2) is 4.79 Å². The predicted octanol–water partition coefficient (Wildman–Crippen LogP) is 5.53. The van der Waals surface area contributed by atoms with Crippen molar-refractivity contribution in [2.24, 2.45) is 39.9 Å². The number of methoxy groups -OCH3 is 1. The molecule has 2 fully saturated rings. The van der Waals surface area contributed by atoms with Crippen molar-refractivity contribution >= 4 is 23.7 Å². The zero-order chi connectivity index (χ0) is 29.2. The third-order valence-electron chi connectivity index (χ3n) is 10.6. The second-order valence-electron chi connectivity index (χ2n) is 13.1. The van der Waals surface area contributed by atoms with E-state index in [-0.39, 0.29) is 30.0 Å². The van der Waals surface area contributed by atoms with Crippen LogP contribution in [0.5, 0.6) is 0 Å². The van der Waals surface area contributed by atoms with Gasteiger partial charge in [-0.1, -0.05) is 47.6 Å². The predicted molar refractivity (Wildman–Crippen MR) is 144 cm³/mol. The number of cyclic esters (lactones) is 1. The van der Waals surface area contributed by atoms with Gasteiger partial charge in [0.1, 0.15) is 18.0 Å². The summed E-state index contributed by atoms with van der Waals surface area (Å²) < 4.78 is 22.4. The molecule has 2 bridgehead atoms. The molecular formula is C32H40O8. The first kappa shape index (κ1) is 28.4. The van der Waals surface area contributed by atoms with E-state index < -0.39 is 52.2 Å². The Balaban J connectivity index is 1.68. The van der Waals surface area contributed by atoms with Gasteiger partial charge < -0.3 is 18.6 Å². The van der Waals surface area contributed by atoms with Gasteiger partial charge in [-0.3, -0.25) is 14.4 Å². The molecule has 0 N–H and O–H groups in total. The quantitative estimate of drug-likeness (QED) is 0.335. The molecule has 8 unspecified atom stereocenters. The van der Waals surface area contributed by atoms with Gasteiger partial charge in [0, 0.05) is 34.3 Å². The SMILES string of the molecule is CCC(C)C(=O)OC1C2C=C3C4=CC(=O)OC(c5ccoc5)C4(C)CCC3C(C)(C2=O)C(CC(=O)OC)C1(C)C. The van der Waals surface area contributed by atoms with Crippen molar-refractivity contribution in [2.75, 3.05) is 7.11 Å². The monoisotopic (exact) mass is 552 g/mol. The average Bonchev–Trinajstić information content (AvgIpc) is 3.45. The highest BCUT2D eigenvalue weighted by Crippen LogP contribution is 2.67. The van der Waals surface area contributed by atoms with Crippen molar-refractivity contribution < 1.29 is 37.8 Å². The number of hydrogen-bond donors (Lipinski definition) is 0. The zero-order valence-corrected chi connectivity index (χ0v) is 24.4. The van der Waals surface area contributed by atoms with Crippen molar-refractivity contribution in [1.29, 1.82) is 0 Å². The van der Waals surface area contributed by atoms with E-state index in [1.165, 1.54) is 7.11 Å². The number of ketones is 1. The van der Waals surface area contributed by atoms with Crippen LogP contribution >= 0.6 is 0 Å². The Kier molecular flexibility index (Phi) is 6.91. The van der Waals surface area contributed by atoms with E-state index >= 15 is 0 Å². The molecule has 1 aliphatic heterocycles. The number of rotatable bonds is 6. The Bertz CT molecular complexity index is 1290. The molecule has 8 heteroatoms. The van der Waals surface area contributed by atoms with Gasteiger partial charge in [0.2, 0.25) is 0 Å². The largest absolute Gasteiger partial charge is 0.472 e. The van der Waals surface area contributed by atoms with Gasteiger partial charge in [-0.05, 0) is 48.3 Å². The topological polar surface area (TPSA) is 109 Å². The molecular weight excluding hydrogens is 512 g/mol. The molecule has 8 atom stereocenters. The maximum Gasteiger partial charge on any atom is 0.331 e. The van der Waals surface area contributed by atoms with Crippen molar-refractivity contribution in [3.63, 3.8) is 0 Å². The Morgan fingerprint density at radius 3 is 2.52 bits per heavy atom. The number of hydrogen-bond acceptors (Lipinski definition) is 8.